The van der Waals surface area contributed by atoms with Crippen LogP contribution in [0.2, 0.25) is 0 Å². The lowest BCUT2D eigenvalue weighted by Crippen LogP contribution is -2.13. The Kier molecular flexibility index (Phi) is 3.27. The van der Waals surface area contributed by atoms with E-state index in [1.165, 1.54) is 18.9 Å². The van der Waals surface area contributed by atoms with Gasteiger partial charge in [0.15, 0.2) is 11.6 Å². The van der Waals surface area contributed by atoms with Crippen LogP contribution in [0.25, 0.3) is 0 Å². The predicted octanol–water partition coefficient (Wildman–Crippen LogP) is 3.15. The molecule has 88 valence electrons. The molecule has 1 aromatic rings. The number of hydrogen-bond acceptors (Lipinski definition) is 2. The molecule has 16 heavy (non-hydrogen) atoms. The summed E-state index contributed by atoms with van der Waals surface area (Å²) in [5.41, 5.74) is 5.97. The lowest BCUT2D eigenvalue weighted by Gasteiger charge is -2.14. The Hall–Kier alpha value is -1.32. The molecule has 2 rings (SSSR count). The van der Waals surface area contributed by atoms with Crippen molar-refractivity contribution in [2.45, 2.75) is 25.7 Å². The largest absolute Gasteiger partial charge is 0.397 e. The van der Waals surface area contributed by atoms with Crippen LogP contribution in [-0.2, 0) is 0 Å². The summed E-state index contributed by atoms with van der Waals surface area (Å²) in [6, 6.07) is 2.43. The molecule has 0 bridgehead atoms. The highest BCUT2D eigenvalue weighted by Crippen LogP contribution is 2.28. The minimum atomic E-state index is -0.877. The summed E-state index contributed by atoms with van der Waals surface area (Å²) >= 11 is 0. The summed E-state index contributed by atoms with van der Waals surface area (Å²) in [5.74, 6) is -1.18. The number of halogens is 2. The first-order valence-electron chi connectivity index (χ1n) is 5.66. The van der Waals surface area contributed by atoms with E-state index in [9.17, 15) is 8.78 Å². The van der Waals surface area contributed by atoms with E-state index in [-0.39, 0.29) is 11.4 Å². The molecule has 1 fully saturated rings. The first-order valence-corrected chi connectivity index (χ1v) is 5.66. The monoisotopic (exact) mass is 226 g/mol. The molecule has 0 atom stereocenters. The van der Waals surface area contributed by atoms with Gasteiger partial charge in [-0.25, -0.2) is 8.78 Å². The van der Waals surface area contributed by atoms with E-state index in [2.05, 4.69) is 5.32 Å². The molecule has 3 N–H and O–H groups in total. The summed E-state index contributed by atoms with van der Waals surface area (Å²) in [6.45, 7) is 0.671. The van der Waals surface area contributed by atoms with E-state index in [0.29, 0.717) is 12.5 Å². The van der Waals surface area contributed by atoms with Crippen molar-refractivity contribution >= 4 is 11.4 Å². The molecule has 0 aliphatic heterocycles. The highest BCUT2D eigenvalue weighted by Gasteiger charge is 2.17. The van der Waals surface area contributed by atoms with Crippen LogP contribution in [0.15, 0.2) is 12.1 Å². The fourth-order valence-corrected chi connectivity index (χ4v) is 2.21. The molecule has 0 aromatic heterocycles. The average molecular weight is 226 g/mol. The van der Waals surface area contributed by atoms with Crippen LogP contribution in [0.3, 0.4) is 0 Å². The van der Waals surface area contributed by atoms with E-state index in [1.807, 2.05) is 0 Å². The highest BCUT2D eigenvalue weighted by atomic mass is 19.2. The van der Waals surface area contributed by atoms with E-state index in [0.717, 1.165) is 18.9 Å². The van der Waals surface area contributed by atoms with Crippen LogP contribution >= 0.6 is 0 Å². The Balaban J connectivity index is 2.05. The molecule has 0 amide bonds. The third kappa shape index (κ3) is 2.26. The minimum Gasteiger partial charge on any atom is -0.397 e. The van der Waals surface area contributed by atoms with Gasteiger partial charge in [-0.1, -0.05) is 12.8 Å². The van der Waals surface area contributed by atoms with Crippen molar-refractivity contribution in [3.8, 4) is 0 Å². The lowest BCUT2D eigenvalue weighted by molar-refractivity contribution is 0.509. The van der Waals surface area contributed by atoms with Crippen molar-refractivity contribution in [1.29, 1.82) is 0 Å². The quantitative estimate of drug-likeness (QED) is 0.777. The van der Waals surface area contributed by atoms with Crippen LogP contribution in [0.5, 0.6) is 0 Å². The molecule has 4 heteroatoms. The van der Waals surface area contributed by atoms with Gasteiger partial charge in [0.05, 0.1) is 11.4 Å². The van der Waals surface area contributed by atoms with Gasteiger partial charge in [-0.15, -0.1) is 0 Å². The Morgan fingerprint density at radius 2 is 1.94 bits per heavy atom. The number of rotatable bonds is 3. The molecule has 1 aliphatic carbocycles. The zero-order valence-corrected chi connectivity index (χ0v) is 9.10. The van der Waals surface area contributed by atoms with Crippen LogP contribution in [0, 0.1) is 17.6 Å². The maximum atomic E-state index is 13.4. The molecule has 1 aromatic carbocycles. The summed E-state index contributed by atoms with van der Waals surface area (Å²) in [6.07, 6.45) is 4.77. The summed E-state index contributed by atoms with van der Waals surface area (Å²) in [5, 5.41) is 2.92. The van der Waals surface area contributed by atoms with Crippen LogP contribution < -0.4 is 11.1 Å². The molecule has 0 saturated heterocycles. The minimum absolute atomic E-state index is 0.104. The van der Waals surface area contributed by atoms with Crippen molar-refractivity contribution in [3.05, 3.63) is 23.8 Å². The second-order valence-corrected chi connectivity index (χ2v) is 4.36. The van der Waals surface area contributed by atoms with Crippen molar-refractivity contribution < 1.29 is 8.78 Å². The van der Waals surface area contributed by atoms with Gasteiger partial charge in [0, 0.05) is 6.54 Å². The maximum Gasteiger partial charge on any atom is 0.183 e. The number of nitrogens with two attached hydrogens (primary N) is 1. The molecule has 1 saturated carbocycles. The number of anilines is 2. The maximum absolute atomic E-state index is 13.4. The molecule has 0 radical (unpaired) electrons. The average Bonchev–Trinajstić information content (AvgIpc) is 2.77. The normalized spacial score (nSPS) is 16.6. The Morgan fingerprint density at radius 1 is 1.25 bits per heavy atom. The van der Waals surface area contributed by atoms with Gasteiger partial charge >= 0.3 is 0 Å². The van der Waals surface area contributed by atoms with Gasteiger partial charge in [0.1, 0.15) is 0 Å². The summed E-state index contributed by atoms with van der Waals surface area (Å²) < 4.78 is 26.4. The van der Waals surface area contributed by atoms with Gasteiger partial charge in [0.2, 0.25) is 0 Å². The van der Waals surface area contributed by atoms with Crippen LogP contribution in [-0.4, -0.2) is 6.54 Å². The van der Waals surface area contributed by atoms with Crippen molar-refractivity contribution in [2.24, 2.45) is 5.92 Å². The number of nitrogen functional groups attached to an aromatic ring is 1. The predicted molar refractivity (Wildman–Crippen MR) is 61.2 cm³/mol. The van der Waals surface area contributed by atoms with Crippen molar-refractivity contribution in [2.75, 3.05) is 17.6 Å². The zero-order chi connectivity index (χ0) is 11.5. The van der Waals surface area contributed by atoms with E-state index in [4.69, 9.17) is 5.73 Å². The molecule has 2 nitrogen and oxygen atoms in total. The highest BCUT2D eigenvalue weighted by molar-refractivity contribution is 5.66. The Morgan fingerprint density at radius 3 is 2.62 bits per heavy atom. The molecule has 0 unspecified atom stereocenters. The standard InChI is InChI=1S/C12H16F2N2/c13-9-5-6-10(15)12(11(9)14)16-7-8-3-1-2-4-8/h5-6,8,16H,1-4,7,15H2. The van der Waals surface area contributed by atoms with Gasteiger partial charge in [-0.3, -0.25) is 0 Å². The van der Waals surface area contributed by atoms with Crippen molar-refractivity contribution in [1.82, 2.24) is 0 Å². The van der Waals surface area contributed by atoms with E-state index in [1.54, 1.807) is 0 Å². The second-order valence-electron chi connectivity index (χ2n) is 4.36. The number of hydrogen-bond donors (Lipinski definition) is 2. The molecular formula is C12H16F2N2. The fourth-order valence-electron chi connectivity index (χ4n) is 2.21. The number of nitrogens with one attached hydrogen (secondary N) is 1. The van der Waals surface area contributed by atoms with Gasteiger partial charge < -0.3 is 11.1 Å². The van der Waals surface area contributed by atoms with Crippen molar-refractivity contribution in [3.63, 3.8) is 0 Å². The molecule has 1 aliphatic rings. The Labute approximate surface area is 93.8 Å². The smallest absolute Gasteiger partial charge is 0.183 e. The first-order chi connectivity index (χ1) is 7.68. The SMILES string of the molecule is Nc1ccc(F)c(F)c1NCC1CCCC1. The first kappa shape index (κ1) is 11.2. The number of benzene rings is 1. The third-order valence-electron chi connectivity index (χ3n) is 3.17. The fraction of sp³-hybridized carbons (Fsp3) is 0.500. The third-order valence-corrected chi connectivity index (χ3v) is 3.17. The Bertz CT molecular complexity index is 374. The van der Waals surface area contributed by atoms with E-state index >= 15 is 0 Å². The topological polar surface area (TPSA) is 38.0 Å². The molecule has 0 spiro atoms. The van der Waals surface area contributed by atoms with Crippen LogP contribution in [0.1, 0.15) is 25.7 Å². The van der Waals surface area contributed by atoms with Gasteiger partial charge in [0.25, 0.3) is 0 Å². The van der Waals surface area contributed by atoms with Gasteiger partial charge in [-0.2, -0.15) is 0 Å². The summed E-state index contributed by atoms with van der Waals surface area (Å²) in [7, 11) is 0. The zero-order valence-electron chi connectivity index (χ0n) is 9.10. The van der Waals surface area contributed by atoms with Crippen LogP contribution in [0.4, 0.5) is 20.2 Å². The van der Waals surface area contributed by atoms with Gasteiger partial charge in [-0.05, 0) is 30.9 Å². The molecule has 0 heterocycles. The second kappa shape index (κ2) is 4.68. The lowest BCUT2D eigenvalue weighted by atomic mass is 10.1. The summed E-state index contributed by atoms with van der Waals surface area (Å²) in [4.78, 5) is 0. The van der Waals surface area contributed by atoms with E-state index < -0.39 is 11.6 Å². The molecular weight excluding hydrogens is 210 g/mol.